The van der Waals surface area contributed by atoms with Crippen molar-refractivity contribution in [1.29, 1.82) is 5.26 Å². The molecule has 0 aliphatic carbocycles. The van der Waals surface area contributed by atoms with Gasteiger partial charge in [0.15, 0.2) is 0 Å². The average molecular weight is 661 g/mol. The molecule has 0 radical (unpaired) electrons. The summed E-state index contributed by atoms with van der Waals surface area (Å²) in [4.78, 5) is 25.0. The average Bonchev–Trinajstić information content (AvgIpc) is 3.65. The Bertz CT molecular complexity index is 1660. The summed E-state index contributed by atoms with van der Waals surface area (Å²) in [7, 11) is 0.939. The summed E-state index contributed by atoms with van der Waals surface area (Å²) in [6, 6.07) is 8.11. The zero-order valence-corrected chi connectivity index (χ0v) is 29.5. The molecule has 1 amide bonds. The van der Waals surface area contributed by atoms with E-state index in [0.717, 1.165) is 72.1 Å². The molecule has 3 aliphatic rings. The Morgan fingerprint density at radius 2 is 1.89 bits per heavy atom. The number of ether oxygens (including phenoxy) is 2. The summed E-state index contributed by atoms with van der Waals surface area (Å²) in [5.74, 6) is 0.377. The number of aromatic nitrogens is 3. The van der Waals surface area contributed by atoms with Crippen LogP contribution < -0.4 is 14.5 Å². The van der Waals surface area contributed by atoms with Crippen molar-refractivity contribution in [2.24, 2.45) is 0 Å². The summed E-state index contributed by atoms with van der Waals surface area (Å²) in [5, 5.41) is 25.8. The molecule has 1 aromatic carbocycles. The van der Waals surface area contributed by atoms with E-state index < -0.39 is 14.2 Å². The van der Waals surface area contributed by atoms with Gasteiger partial charge in [-0.25, -0.2) is 14.5 Å². The molecule has 5 heterocycles. The summed E-state index contributed by atoms with van der Waals surface area (Å²) < 4.78 is 14.4. The zero-order valence-electron chi connectivity index (χ0n) is 28.5. The van der Waals surface area contributed by atoms with Crippen LogP contribution in [0.15, 0.2) is 18.3 Å². The van der Waals surface area contributed by atoms with Crippen molar-refractivity contribution in [3.05, 3.63) is 40.7 Å². The fourth-order valence-electron chi connectivity index (χ4n) is 7.07. The highest BCUT2D eigenvalue weighted by atomic mass is 28.3. The number of benzene rings is 1. The van der Waals surface area contributed by atoms with Gasteiger partial charge in [0.1, 0.15) is 25.0 Å². The Kier molecular flexibility index (Phi) is 9.64. The lowest BCUT2D eigenvalue weighted by molar-refractivity contribution is 0.0817. The van der Waals surface area contributed by atoms with Crippen molar-refractivity contribution in [1.82, 2.24) is 24.6 Å². The van der Waals surface area contributed by atoms with Crippen LogP contribution in [0.5, 0.6) is 5.88 Å². The Morgan fingerprint density at radius 1 is 1.11 bits per heavy atom. The summed E-state index contributed by atoms with van der Waals surface area (Å²) in [6.07, 6.45) is 3.94. The number of aryl methyl sites for hydroxylation is 1. The summed E-state index contributed by atoms with van der Waals surface area (Å²) in [6.45, 7) is 15.0. The molecule has 6 rings (SSSR count). The van der Waals surface area contributed by atoms with Crippen molar-refractivity contribution in [2.45, 2.75) is 71.2 Å². The first-order valence-electron chi connectivity index (χ1n) is 16.8. The van der Waals surface area contributed by atoms with Gasteiger partial charge in [-0.15, -0.1) is 0 Å². The van der Waals surface area contributed by atoms with E-state index in [4.69, 9.17) is 19.6 Å². The van der Waals surface area contributed by atoms with Gasteiger partial charge in [-0.3, -0.25) is 0 Å². The number of hydrogen-bond donors (Lipinski definition) is 1. The Labute approximate surface area is 278 Å². The standard InChI is InChI=1S/C34H48N8O4Si/c1-24-8-9-30-28(20-36-42(30)23-45-17-18-47(3,4)5)31(24)41-12-10-26-29(21-41)37-33(46-22-25-7-6-11-38(25)2)27(19-35)32(26)39-13-15-40(16-14-39)34(43)44/h8-9,20,25H,6-7,10-18,21-23H2,1-5H3,(H,43,44). The topological polar surface area (TPSA) is 123 Å². The number of likely N-dealkylation sites (tertiary alicyclic amines) is 1. The second-order valence-corrected chi connectivity index (χ2v) is 20.0. The van der Waals surface area contributed by atoms with Gasteiger partial charge in [-0.05, 0) is 57.5 Å². The number of anilines is 2. The number of nitrogens with zero attached hydrogens (tertiary/aromatic N) is 8. The molecule has 2 fully saturated rings. The van der Waals surface area contributed by atoms with Gasteiger partial charge in [0.2, 0.25) is 5.88 Å². The molecule has 1 N–H and O–H groups in total. The van der Waals surface area contributed by atoms with E-state index in [1.807, 2.05) is 10.9 Å². The highest BCUT2D eigenvalue weighted by Crippen LogP contribution is 2.40. The second kappa shape index (κ2) is 13.7. The maximum absolute atomic E-state index is 11.6. The van der Waals surface area contributed by atoms with Crippen LogP contribution in [-0.4, -0.2) is 109 Å². The van der Waals surface area contributed by atoms with Gasteiger partial charge < -0.3 is 34.2 Å². The van der Waals surface area contributed by atoms with Crippen molar-refractivity contribution in [3.63, 3.8) is 0 Å². The van der Waals surface area contributed by atoms with E-state index in [9.17, 15) is 15.2 Å². The number of fused-ring (bicyclic) bond motifs is 2. The minimum absolute atomic E-state index is 0.287. The first-order valence-corrected chi connectivity index (χ1v) is 20.5. The normalized spacial score (nSPS) is 18.9. The number of rotatable bonds is 10. The number of hydrogen-bond acceptors (Lipinski definition) is 9. The van der Waals surface area contributed by atoms with E-state index in [1.54, 1.807) is 0 Å². The van der Waals surface area contributed by atoms with Crippen LogP contribution in [-0.2, 0) is 24.4 Å². The van der Waals surface area contributed by atoms with Crippen LogP contribution in [0.2, 0.25) is 25.7 Å². The van der Waals surface area contributed by atoms with Crippen LogP contribution in [0.4, 0.5) is 16.2 Å². The van der Waals surface area contributed by atoms with E-state index in [0.29, 0.717) is 63.9 Å². The van der Waals surface area contributed by atoms with Crippen LogP contribution in [0.3, 0.4) is 0 Å². The molecule has 0 bridgehead atoms. The van der Waals surface area contributed by atoms with Gasteiger partial charge >= 0.3 is 6.09 Å². The number of carboxylic acid groups (broad SMARTS) is 1. The minimum Gasteiger partial charge on any atom is -0.475 e. The van der Waals surface area contributed by atoms with Gasteiger partial charge in [-0.2, -0.15) is 10.4 Å². The summed E-state index contributed by atoms with van der Waals surface area (Å²) in [5.41, 5.74) is 6.62. The molecule has 3 aromatic rings. The van der Waals surface area contributed by atoms with Crippen molar-refractivity contribution < 1.29 is 19.4 Å². The molecule has 0 spiro atoms. The second-order valence-electron chi connectivity index (χ2n) is 14.3. The van der Waals surface area contributed by atoms with E-state index in [-0.39, 0.29) is 6.04 Å². The largest absolute Gasteiger partial charge is 0.475 e. The predicted octanol–water partition coefficient (Wildman–Crippen LogP) is 4.76. The molecule has 1 atom stereocenters. The highest BCUT2D eigenvalue weighted by Gasteiger charge is 2.33. The number of nitriles is 1. The number of piperazine rings is 1. The fraction of sp³-hybridized carbons (Fsp3) is 0.588. The molecule has 1 unspecified atom stereocenters. The van der Waals surface area contributed by atoms with Crippen LogP contribution >= 0.6 is 0 Å². The molecule has 0 saturated carbocycles. The van der Waals surface area contributed by atoms with Crippen molar-refractivity contribution in [2.75, 3.05) is 69.3 Å². The van der Waals surface area contributed by atoms with Gasteiger partial charge in [0.25, 0.3) is 0 Å². The molecule has 2 saturated heterocycles. The van der Waals surface area contributed by atoms with E-state index in [2.05, 4.69) is 66.5 Å². The van der Waals surface area contributed by atoms with Crippen molar-refractivity contribution in [3.8, 4) is 11.9 Å². The predicted molar refractivity (Wildman–Crippen MR) is 185 cm³/mol. The lowest BCUT2D eigenvalue weighted by atomic mass is 9.97. The molecule has 3 aliphatic heterocycles. The molecular weight excluding hydrogens is 613 g/mol. The molecule has 13 heteroatoms. The number of pyridine rings is 1. The number of carbonyl (C=O) groups is 1. The molecule has 47 heavy (non-hydrogen) atoms. The smallest absolute Gasteiger partial charge is 0.407 e. The Morgan fingerprint density at radius 3 is 2.57 bits per heavy atom. The molecule has 2 aromatic heterocycles. The Hall–Kier alpha value is -3.86. The fourth-order valence-corrected chi connectivity index (χ4v) is 7.82. The zero-order chi connectivity index (χ0) is 33.3. The lowest BCUT2D eigenvalue weighted by Gasteiger charge is -2.39. The Balaban J connectivity index is 1.31. The third-order valence-corrected chi connectivity index (χ3v) is 11.6. The third-order valence-electron chi connectivity index (χ3n) is 9.88. The molecule has 252 valence electrons. The maximum Gasteiger partial charge on any atom is 0.407 e. The minimum atomic E-state index is -1.17. The highest BCUT2D eigenvalue weighted by molar-refractivity contribution is 6.76. The summed E-state index contributed by atoms with van der Waals surface area (Å²) >= 11 is 0. The quantitative estimate of drug-likeness (QED) is 0.241. The third kappa shape index (κ3) is 7.05. The van der Waals surface area contributed by atoms with Gasteiger partial charge in [0, 0.05) is 64.4 Å². The van der Waals surface area contributed by atoms with Gasteiger partial charge in [-0.1, -0.05) is 25.7 Å². The van der Waals surface area contributed by atoms with Crippen LogP contribution in [0, 0.1) is 18.3 Å². The van der Waals surface area contributed by atoms with Crippen LogP contribution in [0.1, 0.15) is 35.2 Å². The lowest BCUT2D eigenvalue weighted by Crippen LogP contribution is -2.49. The first kappa shape index (κ1) is 33.1. The van der Waals surface area contributed by atoms with Gasteiger partial charge in [0.05, 0.1) is 35.3 Å². The number of amides is 1. The first-order chi connectivity index (χ1) is 22.5. The number of likely N-dealkylation sites (N-methyl/N-ethyl adjacent to an activating group) is 1. The van der Waals surface area contributed by atoms with E-state index in [1.165, 1.54) is 10.5 Å². The molecular formula is C34H48N8O4Si. The molecule has 12 nitrogen and oxygen atoms in total. The van der Waals surface area contributed by atoms with E-state index >= 15 is 0 Å². The maximum atomic E-state index is 11.6. The monoisotopic (exact) mass is 660 g/mol. The van der Waals surface area contributed by atoms with Crippen molar-refractivity contribution >= 4 is 36.4 Å². The SMILES string of the molecule is Cc1ccc2c(cnn2COCC[Si](C)(C)C)c1N1CCc2c(nc(OCC3CCCN3C)c(C#N)c2N2CCN(C(=O)O)CC2)C1. The van der Waals surface area contributed by atoms with Crippen LogP contribution in [0.25, 0.3) is 10.9 Å².